The molecule has 0 spiro atoms. The Bertz CT molecular complexity index is 422. The van der Waals surface area contributed by atoms with Gasteiger partial charge in [-0.25, -0.2) is 0 Å². The first kappa shape index (κ1) is 10.8. The molecule has 1 aromatic heterocycles. The summed E-state index contributed by atoms with van der Waals surface area (Å²) < 4.78 is 2.14. The number of nitrogens with zero attached hydrogens (tertiary/aromatic N) is 2. The largest absolute Gasteiger partial charge is 0.340 e. The normalized spacial score (nSPS) is 24.3. The maximum absolute atomic E-state index is 12.4. The number of amides is 1. The maximum Gasteiger partial charge on any atom is 0.270 e. The van der Waals surface area contributed by atoms with Crippen LogP contribution in [0.1, 0.15) is 35.8 Å². The first-order valence-corrected chi connectivity index (χ1v) is 6.46. The summed E-state index contributed by atoms with van der Waals surface area (Å²) in [6.07, 6.45) is 5.49. The molecular formula is C13H19N3O. The first-order valence-electron chi connectivity index (χ1n) is 6.46. The van der Waals surface area contributed by atoms with Crippen molar-refractivity contribution in [3.05, 3.63) is 24.0 Å². The summed E-state index contributed by atoms with van der Waals surface area (Å²) in [4.78, 5) is 14.3. The number of likely N-dealkylation sites (tertiary alicyclic amines) is 1. The Balaban J connectivity index is 1.75. The molecule has 2 N–H and O–H groups in total. The topological polar surface area (TPSA) is 51.3 Å². The molecule has 1 unspecified atom stereocenters. The molecule has 2 heterocycles. The molecule has 4 nitrogen and oxygen atoms in total. The third kappa shape index (κ3) is 1.97. The van der Waals surface area contributed by atoms with E-state index in [0.29, 0.717) is 18.5 Å². The number of carbonyl (C=O) groups is 1. The van der Waals surface area contributed by atoms with Crippen molar-refractivity contribution in [2.75, 3.05) is 19.6 Å². The fraction of sp³-hybridized carbons (Fsp3) is 0.615. The molecule has 1 aliphatic carbocycles. The van der Waals surface area contributed by atoms with Crippen molar-refractivity contribution in [3.63, 3.8) is 0 Å². The average Bonchev–Trinajstić information content (AvgIpc) is 2.92. The smallest absolute Gasteiger partial charge is 0.270 e. The van der Waals surface area contributed by atoms with Gasteiger partial charge in [0.1, 0.15) is 5.69 Å². The zero-order valence-electron chi connectivity index (χ0n) is 10.0. The molecule has 4 heteroatoms. The second-order valence-corrected chi connectivity index (χ2v) is 5.17. The van der Waals surface area contributed by atoms with Crippen LogP contribution in [0.5, 0.6) is 0 Å². The summed E-state index contributed by atoms with van der Waals surface area (Å²) in [7, 11) is 0. The van der Waals surface area contributed by atoms with E-state index in [4.69, 9.17) is 5.73 Å². The van der Waals surface area contributed by atoms with Gasteiger partial charge in [-0.15, -0.1) is 0 Å². The van der Waals surface area contributed by atoms with Crippen LogP contribution in [0, 0.1) is 5.92 Å². The lowest BCUT2D eigenvalue weighted by Gasteiger charge is -2.17. The molecule has 0 radical (unpaired) electrons. The van der Waals surface area contributed by atoms with Crippen molar-refractivity contribution in [3.8, 4) is 0 Å². The minimum Gasteiger partial charge on any atom is -0.340 e. The molecule has 1 aliphatic heterocycles. The van der Waals surface area contributed by atoms with Crippen LogP contribution in [0.25, 0.3) is 0 Å². The molecular weight excluding hydrogens is 214 g/mol. The average molecular weight is 233 g/mol. The van der Waals surface area contributed by atoms with Crippen LogP contribution in [0.2, 0.25) is 0 Å². The number of carbonyl (C=O) groups excluding carboxylic acids is 1. The van der Waals surface area contributed by atoms with E-state index < -0.39 is 0 Å². The second-order valence-electron chi connectivity index (χ2n) is 5.17. The Morgan fingerprint density at radius 1 is 1.41 bits per heavy atom. The van der Waals surface area contributed by atoms with E-state index in [0.717, 1.165) is 25.2 Å². The predicted octanol–water partition coefficient (Wildman–Crippen LogP) is 1.24. The van der Waals surface area contributed by atoms with Gasteiger partial charge >= 0.3 is 0 Å². The number of rotatable bonds is 3. The van der Waals surface area contributed by atoms with E-state index in [1.807, 2.05) is 23.2 Å². The summed E-state index contributed by atoms with van der Waals surface area (Å²) in [5.41, 5.74) is 6.51. The highest BCUT2D eigenvalue weighted by molar-refractivity contribution is 5.93. The Hall–Kier alpha value is -1.29. The van der Waals surface area contributed by atoms with Crippen LogP contribution >= 0.6 is 0 Å². The summed E-state index contributed by atoms with van der Waals surface area (Å²) in [6, 6.07) is 4.48. The van der Waals surface area contributed by atoms with Crippen molar-refractivity contribution in [1.29, 1.82) is 0 Å². The molecule has 3 rings (SSSR count). The minimum atomic E-state index is 0.179. The van der Waals surface area contributed by atoms with Crippen molar-refractivity contribution in [1.82, 2.24) is 9.47 Å². The Labute approximate surface area is 101 Å². The zero-order valence-corrected chi connectivity index (χ0v) is 10.0. The number of hydrogen-bond acceptors (Lipinski definition) is 2. The fourth-order valence-corrected chi connectivity index (χ4v) is 2.62. The van der Waals surface area contributed by atoms with Crippen molar-refractivity contribution >= 4 is 5.91 Å². The monoisotopic (exact) mass is 233 g/mol. The van der Waals surface area contributed by atoms with Crippen LogP contribution in [0.15, 0.2) is 18.3 Å². The molecule has 1 amide bonds. The fourth-order valence-electron chi connectivity index (χ4n) is 2.62. The van der Waals surface area contributed by atoms with Crippen LogP contribution in [-0.4, -0.2) is 35.0 Å². The van der Waals surface area contributed by atoms with Gasteiger partial charge in [0.2, 0.25) is 0 Å². The molecule has 1 saturated carbocycles. The lowest BCUT2D eigenvalue weighted by atomic mass is 10.1. The Kier molecular flexibility index (Phi) is 2.67. The van der Waals surface area contributed by atoms with Crippen LogP contribution in [0.3, 0.4) is 0 Å². The lowest BCUT2D eigenvalue weighted by Crippen LogP contribution is -2.31. The van der Waals surface area contributed by atoms with Gasteiger partial charge in [-0.1, -0.05) is 0 Å². The van der Waals surface area contributed by atoms with Crippen molar-refractivity contribution in [2.45, 2.75) is 25.3 Å². The van der Waals surface area contributed by atoms with E-state index in [2.05, 4.69) is 4.57 Å². The van der Waals surface area contributed by atoms with Gasteiger partial charge in [0.05, 0.1) is 0 Å². The Morgan fingerprint density at radius 2 is 2.24 bits per heavy atom. The highest BCUT2D eigenvalue weighted by atomic mass is 16.2. The molecule has 1 atom stereocenters. The first-order chi connectivity index (χ1) is 8.29. The van der Waals surface area contributed by atoms with E-state index in [9.17, 15) is 4.79 Å². The number of hydrogen-bond donors (Lipinski definition) is 1. The maximum atomic E-state index is 12.4. The third-order valence-electron chi connectivity index (χ3n) is 3.84. The molecule has 2 fully saturated rings. The molecule has 1 aromatic rings. The predicted molar refractivity (Wildman–Crippen MR) is 65.8 cm³/mol. The third-order valence-corrected chi connectivity index (χ3v) is 3.84. The SMILES string of the molecule is NCC1CCN(C(=O)c2cccn2C2CC2)C1. The van der Waals surface area contributed by atoms with Crippen molar-refractivity contribution < 1.29 is 4.79 Å². The second kappa shape index (κ2) is 4.18. The molecule has 2 aliphatic rings. The van der Waals surface area contributed by atoms with E-state index in [-0.39, 0.29) is 5.91 Å². The van der Waals surface area contributed by atoms with Crippen molar-refractivity contribution in [2.24, 2.45) is 11.7 Å². The van der Waals surface area contributed by atoms with Gasteiger partial charge in [-0.3, -0.25) is 4.79 Å². The van der Waals surface area contributed by atoms with Gasteiger partial charge in [-0.2, -0.15) is 0 Å². The molecule has 17 heavy (non-hydrogen) atoms. The summed E-state index contributed by atoms with van der Waals surface area (Å²) in [5.74, 6) is 0.668. The van der Waals surface area contributed by atoms with Gasteiger partial charge < -0.3 is 15.2 Å². The molecule has 0 bridgehead atoms. The quantitative estimate of drug-likeness (QED) is 0.854. The summed E-state index contributed by atoms with van der Waals surface area (Å²) in [5, 5.41) is 0. The van der Waals surface area contributed by atoms with Gasteiger partial charge in [0.15, 0.2) is 0 Å². The molecule has 1 saturated heterocycles. The van der Waals surface area contributed by atoms with E-state index >= 15 is 0 Å². The van der Waals surface area contributed by atoms with E-state index in [1.54, 1.807) is 0 Å². The summed E-state index contributed by atoms with van der Waals surface area (Å²) in [6.45, 7) is 2.37. The summed E-state index contributed by atoms with van der Waals surface area (Å²) >= 11 is 0. The molecule has 92 valence electrons. The van der Waals surface area contributed by atoms with E-state index in [1.165, 1.54) is 12.8 Å². The molecule has 0 aromatic carbocycles. The lowest BCUT2D eigenvalue weighted by molar-refractivity contribution is 0.0776. The number of nitrogens with two attached hydrogens (primary N) is 1. The van der Waals surface area contributed by atoms with Crippen LogP contribution in [0.4, 0.5) is 0 Å². The highest BCUT2D eigenvalue weighted by Gasteiger charge is 2.31. The van der Waals surface area contributed by atoms with Crippen LogP contribution < -0.4 is 5.73 Å². The highest BCUT2D eigenvalue weighted by Crippen LogP contribution is 2.36. The minimum absolute atomic E-state index is 0.179. The van der Waals surface area contributed by atoms with Crippen LogP contribution in [-0.2, 0) is 0 Å². The van der Waals surface area contributed by atoms with Gasteiger partial charge in [0, 0.05) is 25.3 Å². The Morgan fingerprint density at radius 3 is 2.88 bits per heavy atom. The van der Waals surface area contributed by atoms with Gasteiger partial charge in [0.25, 0.3) is 5.91 Å². The van der Waals surface area contributed by atoms with Gasteiger partial charge in [-0.05, 0) is 43.9 Å². The number of aromatic nitrogens is 1. The standard InChI is InChI=1S/C13H19N3O/c14-8-10-5-7-15(9-10)13(17)12-2-1-6-16(12)11-3-4-11/h1-2,6,10-11H,3-5,7-9,14H2. The zero-order chi connectivity index (χ0) is 11.8.